The summed E-state index contributed by atoms with van der Waals surface area (Å²) in [6, 6.07) is 17.4. The van der Waals surface area contributed by atoms with Crippen molar-refractivity contribution in [3.05, 3.63) is 82.9 Å². The van der Waals surface area contributed by atoms with Crippen molar-refractivity contribution in [2.24, 2.45) is 5.92 Å². The SMILES string of the molecule is CC(C)C[C@@H](C(=O)OC1CCCCC1)N1C(=O)C(C#Cc2ccccc2)=C(C#Cc2ccccc2)C1=O. The molecule has 5 nitrogen and oxygen atoms in total. The molecule has 1 fully saturated rings. The minimum absolute atomic E-state index is 0.0107. The minimum atomic E-state index is -1.02. The number of rotatable bonds is 5. The third kappa shape index (κ3) is 6.57. The van der Waals surface area contributed by atoms with Gasteiger partial charge in [-0.25, -0.2) is 4.79 Å². The van der Waals surface area contributed by atoms with E-state index in [1.807, 2.05) is 74.5 Å². The highest BCUT2D eigenvalue weighted by molar-refractivity contribution is 6.24. The van der Waals surface area contributed by atoms with Crippen LogP contribution >= 0.6 is 0 Å². The van der Waals surface area contributed by atoms with Gasteiger partial charge in [-0.2, -0.15) is 0 Å². The Labute approximate surface area is 218 Å². The van der Waals surface area contributed by atoms with Crippen LogP contribution in [0, 0.1) is 29.6 Å². The van der Waals surface area contributed by atoms with E-state index in [4.69, 9.17) is 4.74 Å². The molecule has 2 aromatic rings. The quantitative estimate of drug-likeness (QED) is 0.332. The second-order valence-corrected chi connectivity index (χ2v) is 9.80. The maximum atomic E-state index is 13.6. The van der Waals surface area contributed by atoms with Gasteiger partial charge in [0.25, 0.3) is 11.8 Å². The number of ether oxygens (including phenoxy) is 1. The average Bonchev–Trinajstić information content (AvgIpc) is 3.14. The first-order valence-electron chi connectivity index (χ1n) is 12.9. The molecule has 1 atom stereocenters. The number of carbonyl (C=O) groups excluding carboxylic acids is 3. The molecule has 2 aliphatic rings. The zero-order valence-electron chi connectivity index (χ0n) is 21.3. The zero-order chi connectivity index (χ0) is 26.2. The topological polar surface area (TPSA) is 63.7 Å². The van der Waals surface area contributed by atoms with Gasteiger partial charge in [0.1, 0.15) is 23.3 Å². The van der Waals surface area contributed by atoms with E-state index in [1.165, 1.54) is 0 Å². The van der Waals surface area contributed by atoms with Gasteiger partial charge in [0, 0.05) is 11.1 Å². The van der Waals surface area contributed by atoms with Crippen molar-refractivity contribution < 1.29 is 19.1 Å². The van der Waals surface area contributed by atoms with Crippen LogP contribution in [0.5, 0.6) is 0 Å². The monoisotopic (exact) mass is 493 g/mol. The van der Waals surface area contributed by atoms with Crippen LogP contribution in [0.3, 0.4) is 0 Å². The highest BCUT2D eigenvalue weighted by Crippen LogP contribution is 2.28. The molecule has 2 amide bonds. The van der Waals surface area contributed by atoms with Crippen LogP contribution in [0.25, 0.3) is 0 Å². The summed E-state index contributed by atoms with van der Waals surface area (Å²) in [7, 11) is 0. The Morgan fingerprint density at radius 1 is 0.811 bits per heavy atom. The van der Waals surface area contributed by atoms with E-state index in [1.54, 1.807) is 0 Å². The Morgan fingerprint density at radius 2 is 1.30 bits per heavy atom. The number of hydrogen-bond donors (Lipinski definition) is 0. The summed E-state index contributed by atoms with van der Waals surface area (Å²) in [4.78, 5) is 41.7. The normalized spacial score (nSPS) is 16.7. The Kier molecular flexibility index (Phi) is 8.60. The Hall–Kier alpha value is -4.09. The number of esters is 1. The highest BCUT2D eigenvalue weighted by Gasteiger charge is 2.45. The molecule has 0 radical (unpaired) electrons. The van der Waals surface area contributed by atoms with Crippen LogP contribution in [0.1, 0.15) is 63.5 Å². The molecule has 1 heterocycles. The van der Waals surface area contributed by atoms with Gasteiger partial charge < -0.3 is 4.74 Å². The van der Waals surface area contributed by atoms with Gasteiger partial charge in [0.15, 0.2) is 0 Å². The van der Waals surface area contributed by atoms with Gasteiger partial charge in [-0.15, -0.1) is 0 Å². The molecule has 5 heteroatoms. The number of amides is 2. The molecule has 0 unspecified atom stereocenters. The number of hydrogen-bond acceptors (Lipinski definition) is 4. The van der Waals surface area contributed by atoms with Crippen molar-refractivity contribution in [3.8, 4) is 23.7 Å². The summed E-state index contributed by atoms with van der Waals surface area (Å²) in [6.45, 7) is 3.90. The van der Waals surface area contributed by atoms with Gasteiger partial charge >= 0.3 is 5.97 Å². The molecule has 2 aromatic carbocycles. The van der Waals surface area contributed by atoms with Crippen LogP contribution in [-0.4, -0.2) is 34.8 Å². The summed E-state index contributed by atoms with van der Waals surface area (Å²) in [5, 5.41) is 0. The molecular formula is C32H31NO4. The first-order chi connectivity index (χ1) is 17.9. The highest BCUT2D eigenvalue weighted by atomic mass is 16.5. The molecular weight excluding hydrogens is 462 g/mol. The zero-order valence-corrected chi connectivity index (χ0v) is 21.3. The van der Waals surface area contributed by atoms with E-state index in [0.717, 1.165) is 37.0 Å². The first kappa shape index (κ1) is 26.0. The number of imide groups is 1. The second kappa shape index (κ2) is 12.2. The maximum absolute atomic E-state index is 13.6. The van der Waals surface area contributed by atoms with Crippen LogP contribution in [0.4, 0.5) is 0 Å². The van der Waals surface area contributed by atoms with Gasteiger partial charge in [0.05, 0.1) is 0 Å². The Balaban J connectivity index is 1.70. The van der Waals surface area contributed by atoms with Gasteiger partial charge in [-0.3, -0.25) is 14.5 Å². The summed E-state index contributed by atoms with van der Waals surface area (Å²) in [5.74, 6) is 10.0. The van der Waals surface area contributed by atoms with E-state index < -0.39 is 23.8 Å². The number of nitrogens with zero attached hydrogens (tertiary/aromatic N) is 1. The van der Waals surface area contributed by atoms with Crippen molar-refractivity contribution in [2.75, 3.05) is 0 Å². The summed E-state index contributed by atoms with van der Waals surface area (Å²) in [6.07, 6.45) is 4.89. The third-order valence-electron chi connectivity index (χ3n) is 6.44. The molecule has 1 aliphatic carbocycles. The van der Waals surface area contributed by atoms with Crippen LogP contribution in [-0.2, 0) is 19.1 Å². The van der Waals surface area contributed by atoms with Crippen LogP contribution in [0.15, 0.2) is 71.8 Å². The number of carbonyl (C=O) groups is 3. The molecule has 4 rings (SSSR count). The second-order valence-electron chi connectivity index (χ2n) is 9.80. The summed E-state index contributed by atoms with van der Waals surface area (Å²) < 4.78 is 5.82. The standard InChI is InChI=1S/C32H31NO4/c1-23(2)22-29(32(36)37-26-16-10-5-11-17-26)33-30(34)27(20-18-24-12-6-3-7-13-24)28(31(33)35)21-19-25-14-8-4-9-15-25/h3-4,6-9,12-15,23,26,29H,5,10-11,16-17,22H2,1-2H3/t29-/m0/s1. The minimum Gasteiger partial charge on any atom is -0.461 e. The van der Waals surface area contributed by atoms with Crippen molar-refractivity contribution in [3.63, 3.8) is 0 Å². The van der Waals surface area contributed by atoms with Crippen molar-refractivity contribution in [1.82, 2.24) is 4.90 Å². The molecule has 0 aromatic heterocycles. The van der Waals surface area contributed by atoms with Gasteiger partial charge in [-0.1, -0.05) is 80.3 Å². The van der Waals surface area contributed by atoms with E-state index >= 15 is 0 Å². The molecule has 1 aliphatic heterocycles. The average molecular weight is 494 g/mol. The molecule has 0 saturated heterocycles. The smallest absolute Gasteiger partial charge is 0.329 e. The maximum Gasteiger partial charge on any atom is 0.329 e. The van der Waals surface area contributed by atoms with Crippen LogP contribution < -0.4 is 0 Å². The van der Waals surface area contributed by atoms with Gasteiger partial charge in [-0.05, 0) is 62.3 Å². The molecule has 0 spiro atoms. The molecule has 1 saturated carbocycles. The Morgan fingerprint density at radius 3 is 1.76 bits per heavy atom. The molecule has 0 bridgehead atoms. The van der Waals surface area contributed by atoms with Crippen molar-refractivity contribution >= 4 is 17.8 Å². The van der Waals surface area contributed by atoms with E-state index in [9.17, 15) is 14.4 Å². The summed E-state index contributed by atoms with van der Waals surface area (Å²) in [5.41, 5.74) is 1.44. The third-order valence-corrected chi connectivity index (χ3v) is 6.44. The molecule has 37 heavy (non-hydrogen) atoms. The lowest BCUT2D eigenvalue weighted by Gasteiger charge is -2.29. The lowest BCUT2D eigenvalue weighted by Crippen LogP contribution is -2.48. The number of benzene rings is 2. The fraction of sp³-hybridized carbons (Fsp3) is 0.344. The predicted molar refractivity (Wildman–Crippen MR) is 142 cm³/mol. The van der Waals surface area contributed by atoms with Crippen molar-refractivity contribution in [2.45, 2.75) is 64.5 Å². The van der Waals surface area contributed by atoms with E-state index in [0.29, 0.717) is 17.5 Å². The van der Waals surface area contributed by atoms with E-state index in [-0.39, 0.29) is 23.2 Å². The lowest BCUT2D eigenvalue weighted by atomic mass is 9.97. The van der Waals surface area contributed by atoms with Gasteiger partial charge in [0.2, 0.25) is 0 Å². The molecule has 0 N–H and O–H groups in total. The predicted octanol–water partition coefficient (Wildman–Crippen LogP) is 5.05. The van der Waals surface area contributed by atoms with Crippen LogP contribution in [0.2, 0.25) is 0 Å². The largest absolute Gasteiger partial charge is 0.461 e. The summed E-state index contributed by atoms with van der Waals surface area (Å²) >= 11 is 0. The molecule has 188 valence electrons. The Bertz CT molecular complexity index is 1220. The lowest BCUT2D eigenvalue weighted by molar-refractivity contribution is -0.163. The van der Waals surface area contributed by atoms with E-state index in [2.05, 4.69) is 23.7 Å². The first-order valence-corrected chi connectivity index (χ1v) is 12.9. The fourth-order valence-electron chi connectivity index (χ4n) is 4.55. The fourth-order valence-corrected chi connectivity index (χ4v) is 4.55. The van der Waals surface area contributed by atoms with Crippen molar-refractivity contribution in [1.29, 1.82) is 0 Å².